The third kappa shape index (κ3) is 2.68. The molecule has 116 valence electrons. The van der Waals surface area contributed by atoms with Gasteiger partial charge < -0.3 is 14.9 Å². The van der Waals surface area contributed by atoms with E-state index in [1.54, 1.807) is 23.7 Å². The van der Waals surface area contributed by atoms with E-state index < -0.39 is 12.0 Å². The summed E-state index contributed by atoms with van der Waals surface area (Å²) in [7, 11) is 1.71. The minimum absolute atomic E-state index is 0.0419. The van der Waals surface area contributed by atoms with Crippen LogP contribution in [-0.2, 0) is 9.59 Å². The fraction of sp³-hybridized carbons (Fsp3) is 0.769. The summed E-state index contributed by atoms with van der Waals surface area (Å²) >= 11 is 1.55. The van der Waals surface area contributed by atoms with E-state index in [0.29, 0.717) is 24.8 Å². The molecule has 0 radical (unpaired) electrons. The van der Waals surface area contributed by atoms with E-state index in [1.807, 2.05) is 0 Å². The Morgan fingerprint density at radius 2 is 2.00 bits per heavy atom. The second-order valence-corrected chi connectivity index (χ2v) is 6.99. The molecule has 1 saturated carbocycles. The number of carboxylic acid groups (broad SMARTS) is 1. The average molecular weight is 313 g/mol. The van der Waals surface area contributed by atoms with E-state index in [0.717, 1.165) is 12.8 Å². The number of hydrogen-bond donors (Lipinski definition) is 1. The van der Waals surface area contributed by atoms with Crippen molar-refractivity contribution in [1.82, 2.24) is 14.7 Å². The van der Waals surface area contributed by atoms with Crippen LogP contribution in [0.3, 0.4) is 0 Å². The number of hydrogen-bond acceptors (Lipinski definition) is 4. The predicted octanol–water partition coefficient (Wildman–Crippen LogP) is 0.119. The third-order valence-corrected chi connectivity index (χ3v) is 5.76. The lowest BCUT2D eigenvalue weighted by Crippen LogP contribution is -2.57. The molecule has 1 N–H and O–H groups in total. The van der Waals surface area contributed by atoms with Crippen LogP contribution in [0.15, 0.2) is 0 Å². The van der Waals surface area contributed by atoms with Crippen LogP contribution in [-0.4, -0.2) is 81.6 Å². The first-order valence-electron chi connectivity index (χ1n) is 7.14. The molecule has 3 fully saturated rings. The maximum absolute atomic E-state index is 12.7. The van der Waals surface area contributed by atoms with E-state index in [1.165, 1.54) is 9.80 Å². The number of urea groups is 1. The zero-order chi connectivity index (χ0) is 15.1. The Morgan fingerprint density at radius 1 is 1.29 bits per heavy atom. The number of piperazine rings is 1. The molecule has 2 aliphatic heterocycles. The second kappa shape index (κ2) is 5.40. The lowest BCUT2D eigenvalue weighted by atomic mass is 10.2. The van der Waals surface area contributed by atoms with Gasteiger partial charge in [0, 0.05) is 25.9 Å². The van der Waals surface area contributed by atoms with Crippen molar-refractivity contribution in [1.29, 1.82) is 0 Å². The van der Waals surface area contributed by atoms with Gasteiger partial charge in [0.15, 0.2) is 0 Å². The van der Waals surface area contributed by atoms with Gasteiger partial charge in [0.25, 0.3) is 0 Å². The Bertz CT molecular complexity index is 482. The Balaban J connectivity index is 1.76. The molecule has 7 nitrogen and oxygen atoms in total. The summed E-state index contributed by atoms with van der Waals surface area (Å²) in [6.07, 6.45) is 2.10. The maximum Gasteiger partial charge on any atom is 0.327 e. The van der Waals surface area contributed by atoms with Crippen molar-refractivity contribution in [2.45, 2.75) is 24.3 Å². The predicted molar refractivity (Wildman–Crippen MR) is 76.8 cm³/mol. The number of amides is 3. The molecule has 3 rings (SSSR count). The zero-order valence-corrected chi connectivity index (χ0v) is 12.7. The topological polar surface area (TPSA) is 81.2 Å². The molecule has 2 saturated heterocycles. The number of carbonyl (C=O) groups is 3. The molecular formula is C13H19N3O4S. The normalized spacial score (nSPS) is 30.0. The van der Waals surface area contributed by atoms with Gasteiger partial charge >= 0.3 is 12.0 Å². The third-order valence-electron chi connectivity index (χ3n) is 4.29. The summed E-state index contributed by atoms with van der Waals surface area (Å²) in [5, 5.41) is 9.30. The fourth-order valence-electron chi connectivity index (χ4n) is 2.79. The molecule has 0 aromatic rings. The molecule has 2 heterocycles. The largest absolute Gasteiger partial charge is 0.480 e. The van der Waals surface area contributed by atoms with E-state index in [-0.39, 0.29) is 23.9 Å². The van der Waals surface area contributed by atoms with Gasteiger partial charge in [-0.05, 0) is 18.8 Å². The van der Waals surface area contributed by atoms with Gasteiger partial charge in [-0.3, -0.25) is 9.69 Å². The Labute approximate surface area is 127 Å². The first-order chi connectivity index (χ1) is 9.99. The highest BCUT2D eigenvalue weighted by Gasteiger charge is 2.49. The minimum atomic E-state index is -0.959. The summed E-state index contributed by atoms with van der Waals surface area (Å²) in [5.41, 5.74) is 0. The van der Waals surface area contributed by atoms with Crippen molar-refractivity contribution in [2.24, 2.45) is 5.92 Å². The Kier molecular flexibility index (Phi) is 3.73. The second-order valence-electron chi connectivity index (χ2n) is 5.84. The summed E-state index contributed by atoms with van der Waals surface area (Å²) in [5.74, 6) is -0.216. The quantitative estimate of drug-likeness (QED) is 0.783. The number of thioether (sulfide) groups is 1. The van der Waals surface area contributed by atoms with Crippen LogP contribution in [0.1, 0.15) is 12.8 Å². The number of likely N-dealkylation sites (N-methyl/N-ethyl adjacent to an activating group) is 1. The van der Waals surface area contributed by atoms with Gasteiger partial charge in [-0.15, -0.1) is 11.8 Å². The van der Waals surface area contributed by atoms with E-state index in [2.05, 4.69) is 0 Å². The smallest absolute Gasteiger partial charge is 0.327 e. The first-order valence-corrected chi connectivity index (χ1v) is 8.19. The van der Waals surface area contributed by atoms with Crippen LogP contribution in [0.4, 0.5) is 4.79 Å². The van der Waals surface area contributed by atoms with Crippen LogP contribution in [0, 0.1) is 5.92 Å². The molecule has 2 atom stereocenters. The molecular weight excluding hydrogens is 294 g/mol. The highest BCUT2D eigenvalue weighted by molar-refractivity contribution is 8.00. The van der Waals surface area contributed by atoms with Crippen molar-refractivity contribution in [3.63, 3.8) is 0 Å². The van der Waals surface area contributed by atoms with Crippen LogP contribution in [0.5, 0.6) is 0 Å². The molecule has 2 unspecified atom stereocenters. The van der Waals surface area contributed by atoms with Crippen LogP contribution in [0.25, 0.3) is 0 Å². The Morgan fingerprint density at radius 3 is 2.57 bits per heavy atom. The van der Waals surface area contributed by atoms with Gasteiger partial charge in [0.1, 0.15) is 12.6 Å². The number of carboxylic acids is 1. The first kappa shape index (κ1) is 14.5. The minimum Gasteiger partial charge on any atom is -0.480 e. The molecule has 0 aromatic heterocycles. The van der Waals surface area contributed by atoms with Gasteiger partial charge in [0.05, 0.1) is 5.37 Å². The fourth-order valence-corrected chi connectivity index (χ4v) is 4.41. The van der Waals surface area contributed by atoms with Crippen molar-refractivity contribution in [3.05, 3.63) is 0 Å². The van der Waals surface area contributed by atoms with Crippen molar-refractivity contribution < 1.29 is 19.5 Å². The van der Waals surface area contributed by atoms with Gasteiger partial charge in [-0.2, -0.15) is 0 Å². The van der Waals surface area contributed by atoms with Crippen LogP contribution >= 0.6 is 11.8 Å². The number of rotatable bonds is 2. The lowest BCUT2D eigenvalue weighted by molar-refractivity contribution is -0.141. The SMILES string of the molecule is CN1CCN(C(=O)N2C(C(=O)O)CSC2C2CC2)CC1=O. The standard InChI is InChI=1S/C13H19N3O4S/c1-14-4-5-15(6-10(14)17)13(20)16-9(12(18)19)7-21-11(16)8-2-3-8/h8-9,11H,2-7H2,1H3,(H,18,19). The van der Waals surface area contributed by atoms with E-state index >= 15 is 0 Å². The molecule has 1 aliphatic carbocycles. The molecule has 3 amide bonds. The molecule has 0 bridgehead atoms. The number of nitrogens with zero attached hydrogens (tertiary/aromatic N) is 3. The van der Waals surface area contributed by atoms with Crippen LogP contribution < -0.4 is 0 Å². The highest BCUT2D eigenvalue weighted by atomic mass is 32.2. The van der Waals surface area contributed by atoms with Crippen molar-refractivity contribution in [2.75, 3.05) is 32.4 Å². The molecule has 0 spiro atoms. The van der Waals surface area contributed by atoms with E-state index in [4.69, 9.17) is 0 Å². The van der Waals surface area contributed by atoms with Crippen LogP contribution in [0.2, 0.25) is 0 Å². The monoisotopic (exact) mass is 313 g/mol. The Hall–Kier alpha value is -1.44. The number of aliphatic carboxylic acids is 1. The molecule has 21 heavy (non-hydrogen) atoms. The average Bonchev–Trinajstić information content (AvgIpc) is 3.19. The summed E-state index contributed by atoms with van der Waals surface area (Å²) in [6.45, 7) is 1.00. The summed E-state index contributed by atoms with van der Waals surface area (Å²) in [6, 6.07) is -1.08. The molecule has 8 heteroatoms. The molecule has 0 aromatic carbocycles. The summed E-state index contributed by atoms with van der Waals surface area (Å²) < 4.78 is 0. The van der Waals surface area contributed by atoms with Gasteiger partial charge in [-0.1, -0.05) is 0 Å². The number of carbonyl (C=O) groups excluding carboxylic acids is 2. The highest BCUT2D eigenvalue weighted by Crippen LogP contribution is 2.45. The van der Waals surface area contributed by atoms with E-state index in [9.17, 15) is 19.5 Å². The summed E-state index contributed by atoms with van der Waals surface area (Å²) in [4.78, 5) is 40.5. The van der Waals surface area contributed by atoms with Crippen molar-refractivity contribution in [3.8, 4) is 0 Å². The van der Waals surface area contributed by atoms with Crippen molar-refractivity contribution >= 4 is 29.7 Å². The maximum atomic E-state index is 12.7. The zero-order valence-electron chi connectivity index (χ0n) is 11.9. The lowest BCUT2D eigenvalue weighted by Gasteiger charge is -2.37. The van der Waals surface area contributed by atoms with Gasteiger partial charge in [-0.25, -0.2) is 9.59 Å². The molecule has 3 aliphatic rings. The van der Waals surface area contributed by atoms with Gasteiger partial charge in [0.2, 0.25) is 5.91 Å².